The van der Waals surface area contributed by atoms with Crippen molar-refractivity contribution >= 4 is 5.84 Å². The van der Waals surface area contributed by atoms with Gasteiger partial charge < -0.3 is 10.3 Å². The molecule has 2 aliphatic rings. The summed E-state index contributed by atoms with van der Waals surface area (Å²) >= 11 is 0. The largest absolute Gasteiger partial charge is 0.392 e. The molecule has 3 N–H and O–H groups in total. The van der Waals surface area contributed by atoms with Crippen LogP contribution in [0.25, 0.3) is 0 Å². The van der Waals surface area contributed by atoms with Crippen molar-refractivity contribution < 1.29 is 17.7 Å². The van der Waals surface area contributed by atoms with Gasteiger partial charge in [-0.25, -0.2) is 0 Å². The Morgan fingerprint density at radius 3 is 2.59 bits per heavy atom. The highest BCUT2D eigenvalue weighted by Crippen LogP contribution is 2.48. The van der Waals surface area contributed by atoms with E-state index in [9.17, 15) is 13.2 Å². The number of nitrogens with one attached hydrogen (secondary N) is 1. The van der Waals surface area contributed by atoms with Gasteiger partial charge >= 0.3 is 6.18 Å². The standard InChI is InChI=1S/C26H41F3N4O/c1-17(15-23(30)31)7-6-8-18(2)25-32-24(33-34-25)21-14-13-20(22(16-21)26(27,28)29)12-11-19-9-4-3-5-10-19/h18-22H,1,3-16H2,2H3,(H3,30,31)/t18-,20?,21?,22?/m0/s1. The van der Waals surface area contributed by atoms with E-state index in [0.29, 0.717) is 43.3 Å². The van der Waals surface area contributed by atoms with E-state index in [1.54, 1.807) is 0 Å². The Hall–Kier alpha value is -1.86. The topological polar surface area (TPSA) is 88.8 Å². The molecule has 0 radical (unpaired) electrons. The van der Waals surface area contributed by atoms with Crippen LogP contribution in [0.1, 0.15) is 120 Å². The minimum absolute atomic E-state index is 0.0247. The molecule has 1 aromatic heterocycles. The molecule has 0 amide bonds. The summed E-state index contributed by atoms with van der Waals surface area (Å²) in [5, 5.41) is 11.4. The number of aromatic nitrogens is 2. The van der Waals surface area contributed by atoms with Gasteiger partial charge in [0.2, 0.25) is 5.89 Å². The average molecular weight is 483 g/mol. The molecular weight excluding hydrogens is 441 g/mol. The summed E-state index contributed by atoms with van der Waals surface area (Å²) in [6.45, 7) is 5.93. The van der Waals surface area contributed by atoms with Gasteiger partial charge in [0.05, 0.1) is 11.8 Å². The smallest absolute Gasteiger partial charge is 0.387 e. The van der Waals surface area contributed by atoms with Crippen molar-refractivity contribution in [3.63, 3.8) is 0 Å². The minimum atomic E-state index is -4.18. The number of hydrogen-bond acceptors (Lipinski definition) is 4. The van der Waals surface area contributed by atoms with Gasteiger partial charge in [0.15, 0.2) is 5.82 Å². The van der Waals surface area contributed by atoms with Crippen molar-refractivity contribution in [3.8, 4) is 0 Å². The number of halogens is 3. The molecule has 0 bridgehead atoms. The van der Waals surface area contributed by atoms with E-state index in [4.69, 9.17) is 15.7 Å². The van der Waals surface area contributed by atoms with Crippen LogP contribution in [0.2, 0.25) is 0 Å². The van der Waals surface area contributed by atoms with Gasteiger partial charge in [0, 0.05) is 18.3 Å². The van der Waals surface area contributed by atoms with Crippen LogP contribution in [0.4, 0.5) is 13.2 Å². The van der Waals surface area contributed by atoms with Crippen LogP contribution in [0.15, 0.2) is 16.7 Å². The summed E-state index contributed by atoms with van der Waals surface area (Å²) in [7, 11) is 0. The number of hydrogen-bond donors (Lipinski definition) is 2. The van der Waals surface area contributed by atoms with E-state index in [-0.39, 0.29) is 30.0 Å². The molecule has 2 saturated carbocycles. The predicted molar refractivity (Wildman–Crippen MR) is 128 cm³/mol. The third-order valence-corrected chi connectivity index (χ3v) is 7.94. The fraction of sp³-hybridized carbons (Fsp3) is 0.808. The van der Waals surface area contributed by atoms with Crippen LogP contribution in [-0.2, 0) is 0 Å². The number of amidine groups is 1. The second-order valence-corrected chi connectivity index (χ2v) is 10.7. The van der Waals surface area contributed by atoms with Crippen LogP contribution in [0, 0.1) is 23.2 Å². The molecule has 4 atom stereocenters. The van der Waals surface area contributed by atoms with Crippen LogP contribution in [0.5, 0.6) is 0 Å². The zero-order valence-corrected chi connectivity index (χ0v) is 20.5. The number of alkyl halides is 3. The molecule has 2 fully saturated rings. The van der Waals surface area contributed by atoms with Crippen molar-refractivity contribution in [2.75, 3.05) is 0 Å². The normalized spacial score (nSPS) is 25.2. The van der Waals surface area contributed by atoms with Gasteiger partial charge in [-0.2, -0.15) is 18.2 Å². The summed E-state index contributed by atoms with van der Waals surface area (Å²) in [4.78, 5) is 4.52. The van der Waals surface area contributed by atoms with E-state index >= 15 is 0 Å². The van der Waals surface area contributed by atoms with Crippen molar-refractivity contribution in [1.29, 1.82) is 5.41 Å². The first-order valence-electron chi connectivity index (χ1n) is 13.0. The van der Waals surface area contributed by atoms with Gasteiger partial charge in [0.1, 0.15) is 0 Å². The van der Waals surface area contributed by atoms with Gasteiger partial charge in [0.25, 0.3) is 0 Å². The molecule has 192 valence electrons. The molecule has 0 aliphatic heterocycles. The van der Waals surface area contributed by atoms with E-state index in [0.717, 1.165) is 31.3 Å². The zero-order chi connectivity index (χ0) is 24.7. The second-order valence-electron chi connectivity index (χ2n) is 10.7. The third-order valence-electron chi connectivity index (χ3n) is 7.94. The molecule has 0 aromatic carbocycles. The number of rotatable bonds is 11. The van der Waals surface area contributed by atoms with E-state index in [2.05, 4.69) is 16.7 Å². The number of nitrogens with zero attached hydrogens (tertiary/aromatic N) is 2. The molecule has 1 heterocycles. The van der Waals surface area contributed by atoms with Crippen LogP contribution < -0.4 is 5.73 Å². The SMILES string of the molecule is C=C(CCC[C@H](C)c1nc(C2CCC(CCC3CCCCC3)C(C(F)(F)F)C2)no1)CC(=N)N. The Labute approximate surface area is 201 Å². The zero-order valence-electron chi connectivity index (χ0n) is 20.5. The Morgan fingerprint density at radius 1 is 1.18 bits per heavy atom. The van der Waals surface area contributed by atoms with Crippen molar-refractivity contribution in [2.24, 2.45) is 23.5 Å². The first-order chi connectivity index (χ1) is 16.1. The summed E-state index contributed by atoms with van der Waals surface area (Å²) in [5.41, 5.74) is 6.33. The van der Waals surface area contributed by atoms with Crippen molar-refractivity contribution in [3.05, 3.63) is 23.9 Å². The molecule has 0 spiro atoms. The number of nitrogens with two attached hydrogens (primary N) is 1. The van der Waals surface area contributed by atoms with Crippen molar-refractivity contribution in [2.45, 2.75) is 115 Å². The average Bonchev–Trinajstić information content (AvgIpc) is 3.27. The Balaban J connectivity index is 1.53. The molecule has 3 unspecified atom stereocenters. The van der Waals surface area contributed by atoms with Gasteiger partial charge in [-0.15, -0.1) is 0 Å². The van der Waals surface area contributed by atoms with Gasteiger partial charge in [-0.1, -0.05) is 62.8 Å². The highest BCUT2D eigenvalue weighted by Gasteiger charge is 2.48. The molecule has 1 aromatic rings. The summed E-state index contributed by atoms with van der Waals surface area (Å²) in [6, 6.07) is 0. The monoisotopic (exact) mass is 482 g/mol. The molecular formula is C26H41F3N4O. The molecule has 8 heteroatoms. The quantitative estimate of drug-likeness (QED) is 0.193. The lowest BCUT2D eigenvalue weighted by Crippen LogP contribution is -2.36. The van der Waals surface area contributed by atoms with Gasteiger partial charge in [-0.05, 0) is 56.8 Å². The molecule has 5 nitrogen and oxygen atoms in total. The van der Waals surface area contributed by atoms with E-state index in [1.165, 1.54) is 32.1 Å². The van der Waals surface area contributed by atoms with Crippen LogP contribution in [-0.4, -0.2) is 22.2 Å². The van der Waals surface area contributed by atoms with Crippen LogP contribution >= 0.6 is 0 Å². The highest BCUT2D eigenvalue weighted by atomic mass is 19.4. The fourth-order valence-electron chi connectivity index (χ4n) is 5.89. The lowest BCUT2D eigenvalue weighted by atomic mass is 9.70. The predicted octanol–water partition coefficient (Wildman–Crippen LogP) is 7.65. The molecule has 3 rings (SSSR count). The summed E-state index contributed by atoms with van der Waals surface area (Å²) < 4.78 is 47.4. The third kappa shape index (κ3) is 7.84. The lowest BCUT2D eigenvalue weighted by Gasteiger charge is -2.37. The van der Waals surface area contributed by atoms with E-state index in [1.807, 2.05) is 6.92 Å². The van der Waals surface area contributed by atoms with Crippen molar-refractivity contribution in [1.82, 2.24) is 10.1 Å². The van der Waals surface area contributed by atoms with E-state index < -0.39 is 12.1 Å². The molecule has 2 aliphatic carbocycles. The first-order valence-corrected chi connectivity index (χ1v) is 13.0. The highest BCUT2D eigenvalue weighted by molar-refractivity contribution is 5.79. The summed E-state index contributed by atoms with van der Waals surface area (Å²) in [5.74, 6) is -0.179. The minimum Gasteiger partial charge on any atom is -0.387 e. The molecule has 34 heavy (non-hydrogen) atoms. The van der Waals surface area contributed by atoms with Gasteiger partial charge in [-0.3, -0.25) is 5.41 Å². The Bertz CT molecular complexity index is 800. The Morgan fingerprint density at radius 2 is 1.91 bits per heavy atom. The maximum Gasteiger partial charge on any atom is 0.392 e. The lowest BCUT2D eigenvalue weighted by molar-refractivity contribution is -0.199. The van der Waals surface area contributed by atoms with Crippen LogP contribution in [0.3, 0.4) is 0 Å². The Kier molecular flexibility index (Phi) is 9.60. The second kappa shape index (κ2) is 12.2. The maximum absolute atomic E-state index is 14.0. The maximum atomic E-state index is 14.0. The fourth-order valence-corrected chi connectivity index (χ4v) is 5.89. The summed E-state index contributed by atoms with van der Waals surface area (Å²) in [6.07, 6.45) is 7.70. The first kappa shape index (κ1) is 26.7. The molecule has 0 saturated heterocycles.